The van der Waals surface area contributed by atoms with Crippen molar-refractivity contribution in [2.75, 3.05) is 56.0 Å². The van der Waals surface area contributed by atoms with Gasteiger partial charge in [0.25, 0.3) is 11.8 Å². The number of aromatic nitrogens is 2. The third kappa shape index (κ3) is 5.65. The van der Waals surface area contributed by atoms with Gasteiger partial charge in [-0.1, -0.05) is 12.8 Å². The van der Waals surface area contributed by atoms with Crippen LogP contribution in [-0.4, -0.2) is 90.3 Å². The molecule has 2 aliphatic heterocycles. The van der Waals surface area contributed by atoms with Crippen LogP contribution in [-0.2, 0) is 4.79 Å². The fraction of sp³-hybridized carbons (Fsp3) is 0.571. The average molecular weight is 538 g/mol. The summed E-state index contributed by atoms with van der Waals surface area (Å²) in [4.78, 5) is 41.0. The van der Waals surface area contributed by atoms with Crippen LogP contribution in [0, 0.1) is 0 Å². The first kappa shape index (κ1) is 27.1. The van der Waals surface area contributed by atoms with Gasteiger partial charge in [0.1, 0.15) is 11.4 Å². The number of rotatable bonds is 6. The second kappa shape index (κ2) is 11.0. The van der Waals surface area contributed by atoms with E-state index in [2.05, 4.69) is 32.5 Å². The molecule has 0 radical (unpaired) electrons. The van der Waals surface area contributed by atoms with Crippen molar-refractivity contribution in [3.8, 4) is 5.75 Å². The lowest BCUT2D eigenvalue weighted by atomic mass is 10.0. The summed E-state index contributed by atoms with van der Waals surface area (Å²) in [5.41, 5.74) is 0.154. The molecule has 1 aliphatic carbocycles. The summed E-state index contributed by atoms with van der Waals surface area (Å²) in [5, 5.41) is 17.4. The molecule has 1 unspecified atom stereocenters. The molecule has 3 heterocycles. The van der Waals surface area contributed by atoms with Gasteiger partial charge in [0.15, 0.2) is 11.4 Å². The van der Waals surface area contributed by atoms with Crippen molar-refractivity contribution in [1.29, 1.82) is 0 Å². The molecule has 1 saturated carbocycles. The zero-order valence-corrected chi connectivity index (χ0v) is 23.2. The van der Waals surface area contributed by atoms with Crippen LogP contribution in [0.4, 0.5) is 23.1 Å². The molecule has 3 N–H and O–H groups in total. The van der Waals surface area contributed by atoms with Gasteiger partial charge < -0.3 is 35.2 Å². The summed E-state index contributed by atoms with van der Waals surface area (Å²) < 4.78 is 5.60. The number of piperidine rings is 1. The van der Waals surface area contributed by atoms with Gasteiger partial charge in [0.2, 0.25) is 5.95 Å². The third-order valence-electron chi connectivity index (χ3n) is 8.16. The Balaban J connectivity index is 1.39. The van der Waals surface area contributed by atoms with Crippen LogP contribution in [0.2, 0.25) is 0 Å². The molecule has 39 heavy (non-hydrogen) atoms. The molecule has 11 nitrogen and oxygen atoms in total. The molecule has 0 bridgehead atoms. The normalized spacial score (nSPS) is 22.9. The van der Waals surface area contributed by atoms with Crippen LogP contribution in [0.5, 0.6) is 5.75 Å². The van der Waals surface area contributed by atoms with E-state index < -0.39 is 5.60 Å². The number of benzene rings is 1. The molecule has 11 heteroatoms. The molecule has 5 rings (SSSR count). The van der Waals surface area contributed by atoms with Gasteiger partial charge >= 0.3 is 0 Å². The molecule has 210 valence electrons. The van der Waals surface area contributed by atoms with Gasteiger partial charge in [-0.3, -0.25) is 9.59 Å². The van der Waals surface area contributed by atoms with Crippen LogP contribution in [0.25, 0.3) is 0 Å². The Morgan fingerprint density at radius 3 is 2.56 bits per heavy atom. The lowest BCUT2D eigenvalue weighted by Crippen LogP contribution is -2.52. The number of amides is 2. The number of nitrogens with zero attached hydrogens (tertiary/aromatic N) is 5. The number of methoxy groups -OCH3 is 1. The zero-order chi connectivity index (χ0) is 27.7. The first-order valence-corrected chi connectivity index (χ1v) is 13.7. The van der Waals surface area contributed by atoms with Crippen molar-refractivity contribution in [2.24, 2.45) is 0 Å². The minimum absolute atomic E-state index is 0.123. The number of hydrogen-bond donors (Lipinski definition) is 3. The van der Waals surface area contributed by atoms with Crippen molar-refractivity contribution in [2.45, 2.75) is 63.1 Å². The number of carbonyl (C=O) groups excluding carboxylic acids is 2. The molecule has 2 amide bonds. The molecular weight excluding hydrogens is 498 g/mol. The van der Waals surface area contributed by atoms with E-state index in [4.69, 9.17) is 9.72 Å². The van der Waals surface area contributed by atoms with Crippen LogP contribution in [0.3, 0.4) is 0 Å². The lowest BCUT2D eigenvalue weighted by Gasteiger charge is -2.33. The van der Waals surface area contributed by atoms with Gasteiger partial charge in [0, 0.05) is 24.7 Å². The Labute approximate surface area is 229 Å². The maximum Gasteiger partial charge on any atom is 0.260 e. The second-order valence-electron chi connectivity index (χ2n) is 11.2. The summed E-state index contributed by atoms with van der Waals surface area (Å²) >= 11 is 0. The SMILES string of the molecule is COc1cc(C(=O)NC2CCN(C)CC2)ccc1Nc1ncc2c(n1)N(C1CCCC1)CC(C)(O)C(=O)N2C. The fourth-order valence-electron chi connectivity index (χ4n) is 5.82. The van der Waals surface area contributed by atoms with Crippen molar-refractivity contribution in [3.05, 3.63) is 30.0 Å². The predicted molar refractivity (Wildman–Crippen MR) is 150 cm³/mol. The quantitative estimate of drug-likeness (QED) is 0.510. The van der Waals surface area contributed by atoms with E-state index in [1.54, 1.807) is 45.5 Å². The first-order chi connectivity index (χ1) is 18.7. The van der Waals surface area contributed by atoms with Gasteiger partial charge in [-0.05, 0) is 70.9 Å². The molecule has 0 spiro atoms. The average Bonchev–Trinajstić information content (AvgIpc) is 3.45. The molecule has 1 saturated heterocycles. The van der Waals surface area contributed by atoms with Crippen LogP contribution < -0.4 is 25.2 Å². The van der Waals surface area contributed by atoms with E-state index in [0.29, 0.717) is 34.5 Å². The summed E-state index contributed by atoms with van der Waals surface area (Å²) in [6.45, 7) is 3.66. The Bertz CT molecular complexity index is 1220. The minimum atomic E-state index is -1.54. The number of carbonyl (C=O) groups is 2. The Hall–Kier alpha value is -3.44. The number of aliphatic hydroxyl groups is 1. The summed E-state index contributed by atoms with van der Waals surface area (Å²) in [6.07, 6.45) is 7.65. The topological polar surface area (TPSA) is 123 Å². The van der Waals surface area contributed by atoms with Gasteiger partial charge in [0.05, 0.1) is 25.5 Å². The number of ether oxygens (including phenoxy) is 1. The molecule has 1 atom stereocenters. The van der Waals surface area contributed by atoms with E-state index >= 15 is 0 Å². The fourth-order valence-corrected chi connectivity index (χ4v) is 5.82. The monoisotopic (exact) mass is 537 g/mol. The summed E-state index contributed by atoms with van der Waals surface area (Å²) in [6, 6.07) is 5.61. The predicted octanol–water partition coefficient (Wildman–Crippen LogP) is 2.53. The second-order valence-corrected chi connectivity index (χ2v) is 11.2. The first-order valence-electron chi connectivity index (χ1n) is 13.7. The van der Waals surface area contributed by atoms with Gasteiger partial charge in [-0.25, -0.2) is 4.98 Å². The number of hydrogen-bond acceptors (Lipinski definition) is 9. The van der Waals surface area contributed by atoms with Crippen LogP contribution in [0.1, 0.15) is 55.8 Å². The van der Waals surface area contributed by atoms with Crippen molar-refractivity contribution in [1.82, 2.24) is 20.2 Å². The molecule has 3 aliphatic rings. The number of nitrogens with one attached hydrogen (secondary N) is 2. The van der Waals surface area contributed by atoms with Crippen LogP contribution in [0.15, 0.2) is 24.4 Å². The highest BCUT2D eigenvalue weighted by Gasteiger charge is 2.43. The molecule has 1 aromatic carbocycles. The zero-order valence-electron chi connectivity index (χ0n) is 23.2. The van der Waals surface area contributed by atoms with Crippen molar-refractivity contribution < 1.29 is 19.4 Å². The number of likely N-dealkylation sites (tertiary alicyclic amines) is 1. The third-order valence-corrected chi connectivity index (χ3v) is 8.16. The summed E-state index contributed by atoms with van der Waals surface area (Å²) in [5.74, 6) is 0.932. The number of likely N-dealkylation sites (N-methyl/N-ethyl adjacent to an activating group) is 1. The highest BCUT2D eigenvalue weighted by atomic mass is 16.5. The minimum Gasteiger partial charge on any atom is -0.495 e. The lowest BCUT2D eigenvalue weighted by molar-refractivity contribution is -0.133. The maximum atomic E-state index is 13.0. The smallest absolute Gasteiger partial charge is 0.260 e. The van der Waals surface area contributed by atoms with Gasteiger partial charge in [-0.2, -0.15) is 4.98 Å². The number of β-amino-alcohol motifs (C(OH)–C–C–N with tert-alkyl or cyclic N) is 1. The summed E-state index contributed by atoms with van der Waals surface area (Å²) in [7, 11) is 5.29. The number of anilines is 4. The highest BCUT2D eigenvalue weighted by molar-refractivity contribution is 6.02. The van der Waals surface area contributed by atoms with Gasteiger partial charge in [-0.15, -0.1) is 0 Å². The molecule has 2 aromatic rings. The Kier molecular flexibility index (Phi) is 7.64. The maximum absolute atomic E-state index is 13.0. The van der Waals surface area contributed by atoms with Crippen LogP contribution >= 0.6 is 0 Å². The van der Waals surface area contributed by atoms with Crippen molar-refractivity contribution in [3.63, 3.8) is 0 Å². The van der Waals surface area contributed by atoms with E-state index in [1.165, 1.54) is 4.90 Å². The number of fused-ring (bicyclic) bond motifs is 1. The Morgan fingerprint density at radius 2 is 1.87 bits per heavy atom. The Morgan fingerprint density at radius 1 is 1.15 bits per heavy atom. The van der Waals surface area contributed by atoms with E-state index in [-0.39, 0.29) is 30.4 Å². The van der Waals surface area contributed by atoms with E-state index in [9.17, 15) is 14.7 Å². The van der Waals surface area contributed by atoms with Crippen molar-refractivity contribution >= 4 is 35.0 Å². The van der Waals surface area contributed by atoms with E-state index in [0.717, 1.165) is 51.6 Å². The molecule has 1 aromatic heterocycles. The molecule has 2 fully saturated rings. The van der Waals surface area contributed by atoms with E-state index in [1.807, 2.05) is 0 Å². The largest absolute Gasteiger partial charge is 0.495 e. The molecular formula is C28H39N7O4. The standard InChI is InChI=1S/C28H39N7O4/c1-28(38)17-35(20-7-5-6-8-20)24-22(34(3)26(28)37)16-29-27(32-24)31-21-10-9-18(15-23(21)39-4)25(36)30-19-11-13-33(2)14-12-19/h9-10,15-16,19-20,38H,5-8,11-14,17H2,1-4H3,(H,30,36)(H,29,31,32). The highest BCUT2D eigenvalue weighted by Crippen LogP contribution is 2.38.